The van der Waals surface area contributed by atoms with Crippen LogP contribution in [0.1, 0.15) is 27.8 Å². The fourth-order valence-electron chi connectivity index (χ4n) is 3.39. The average molecular weight is 477 g/mol. The molecule has 0 fully saturated rings. The van der Waals surface area contributed by atoms with Gasteiger partial charge in [-0.05, 0) is 49.4 Å². The molecule has 0 aliphatic carbocycles. The van der Waals surface area contributed by atoms with Crippen LogP contribution in [0.15, 0.2) is 72.9 Å². The van der Waals surface area contributed by atoms with E-state index in [1.54, 1.807) is 61.2 Å². The molecule has 0 radical (unpaired) electrons. The molecular weight excluding hydrogens is 456 g/mol. The topological polar surface area (TPSA) is 95.3 Å². The van der Waals surface area contributed by atoms with Crippen LogP contribution < -0.4 is 10.1 Å². The predicted octanol–water partition coefficient (Wildman–Crippen LogP) is 5.03. The lowest BCUT2D eigenvalue weighted by molar-refractivity contribution is 0.0518. The van der Waals surface area contributed by atoms with E-state index < -0.39 is 5.97 Å². The van der Waals surface area contributed by atoms with Gasteiger partial charge in [-0.2, -0.15) is 5.10 Å². The summed E-state index contributed by atoms with van der Waals surface area (Å²) in [7, 11) is 1.56. The molecule has 2 aromatic carbocycles. The van der Waals surface area contributed by atoms with Crippen molar-refractivity contribution in [2.24, 2.45) is 0 Å². The lowest BCUT2D eigenvalue weighted by Gasteiger charge is -2.12. The van der Waals surface area contributed by atoms with Gasteiger partial charge in [-0.25, -0.2) is 14.5 Å². The number of benzene rings is 2. The largest absolute Gasteiger partial charge is 0.494 e. The minimum atomic E-state index is -0.534. The maximum absolute atomic E-state index is 12.7. The molecule has 2 aromatic heterocycles. The number of methoxy groups -OCH3 is 1. The molecular formula is C25H21ClN4O4. The molecule has 172 valence electrons. The van der Waals surface area contributed by atoms with Gasteiger partial charge in [-0.1, -0.05) is 35.9 Å². The number of hydrogen-bond acceptors (Lipinski definition) is 6. The van der Waals surface area contributed by atoms with E-state index in [4.69, 9.17) is 21.1 Å². The van der Waals surface area contributed by atoms with Gasteiger partial charge in [0.15, 0.2) is 5.69 Å². The number of esters is 1. The Morgan fingerprint density at radius 2 is 1.88 bits per heavy atom. The average Bonchev–Trinajstić information content (AvgIpc) is 3.30. The van der Waals surface area contributed by atoms with Crippen molar-refractivity contribution in [3.05, 3.63) is 89.3 Å². The molecule has 4 aromatic rings. The molecule has 0 bridgehead atoms. The molecule has 4 rings (SSSR count). The Labute approximate surface area is 201 Å². The standard InChI is InChI=1S/C25H21ClN4O4/c1-3-34-25(32)19-15-21(30(29-19)20-11-4-5-12-22(20)33-2)16-8-6-9-17(14-16)28-24(31)18-10-7-13-27-23(18)26/h4-15H,3H2,1-2H3,(H,28,31). The first-order valence-corrected chi connectivity index (χ1v) is 10.8. The maximum atomic E-state index is 12.7. The summed E-state index contributed by atoms with van der Waals surface area (Å²) >= 11 is 6.05. The first kappa shape index (κ1) is 23.0. The van der Waals surface area contributed by atoms with E-state index in [0.717, 1.165) is 0 Å². The fourth-order valence-corrected chi connectivity index (χ4v) is 3.60. The Balaban J connectivity index is 1.76. The number of ether oxygens (including phenoxy) is 2. The zero-order chi connectivity index (χ0) is 24.1. The molecule has 9 heteroatoms. The van der Waals surface area contributed by atoms with Crippen LogP contribution in [0.3, 0.4) is 0 Å². The van der Waals surface area contributed by atoms with Crippen LogP contribution in [-0.4, -0.2) is 40.4 Å². The molecule has 8 nitrogen and oxygen atoms in total. The van der Waals surface area contributed by atoms with Crippen molar-refractivity contribution in [1.82, 2.24) is 14.8 Å². The van der Waals surface area contributed by atoms with Crippen LogP contribution in [0.2, 0.25) is 5.15 Å². The molecule has 1 amide bonds. The van der Waals surface area contributed by atoms with Crippen molar-refractivity contribution in [3.63, 3.8) is 0 Å². The van der Waals surface area contributed by atoms with Crippen LogP contribution in [0.5, 0.6) is 5.75 Å². The fraction of sp³-hybridized carbons (Fsp3) is 0.120. The number of pyridine rings is 1. The highest BCUT2D eigenvalue weighted by atomic mass is 35.5. The molecule has 2 heterocycles. The second-order valence-corrected chi connectivity index (χ2v) is 7.45. The lowest BCUT2D eigenvalue weighted by Crippen LogP contribution is -2.13. The summed E-state index contributed by atoms with van der Waals surface area (Å²) < 4.78 is 12.2. The number of carbonyl (C=O) groups excluding carboxylic acids is 2. The van der Waals surface area contributed by atoms with Gasteiger partial charge in [-0.15, -0.1) is 0 Å². The van der Waals surface area contributed by atoms with Gasteiger partial charge in [0.2, 0.25) is 0 Å². The highest BCUT2D eigenvalue weighted by Crippen LogP contribution is 2.30. The molecule has 0 spiro atoms. The van der Waals surface area contributed by atoms with E-state index in [0.29, 0.717) is 28.4 Å². The first-order chi connectivity index (χ1) is 16.5. The Bertz CT molecular complexity index is 1350. The third kappa shape index (κ3) is 4.77. The van der Waals surface area contributed by atoms with Crippen molar-refractivity contribution in [3.8, 4) is 22.7 Å². The van der Waals surface area contributed by atoms with E-state index in [-0.39, 0.29) is 28.9 Å². The molecule has 0 unspecified atom stereocenters. The third-order valence-electron chi connectivity index (χ3n) is 4.93. The summed E-state index contributed by atoms with van der Waals surface area (Å²) in [5.74, 6) is -0.341. The number of para-hydroxylation sites is 2. The SMILES string of the molecule is CCOC(=O)c1cc(-c2cccc(NC(=O)c3cccnc3Cl)c2)n(-c2ccccc2OC)n1. The second-order valence-electron chi connectivity index (χ2n) is 7.10. The molecule has 34 heavy (non-hydrogen) atoms. The van der Waals surface area contributed by atoms with Crippen molar-refractivity contribution >= 4 is 29.2 Å². The number of nitrogens with zero attached hydrogens (tertiary/aromatic N) is 3. The van der Waals surface area contributed by atoms with Gasteiger partial charge < -0.3 is 14.8 Å². The molecule has 0 saturated carbocycles. The smallest absolute Gasteiger partial charge is 0.358 e. The summed E-state index contributed by atoms with van der Waals surface area (Å²) in [5, 5.41) is 7.43. The summed E-state index contributed by atoms with van der Waals surface area (Å²) in [4.78, 5) is 29.1. The van der Waals surface area contributed by atoms with Crippen molar-refractivity contribution in [2.45, 2.75) is 6.92 Å². The van der Waals surface area contributed by atoms with Gasteiger partial charge in [0.25, 0.3) is 5.91 Å². The first-order valence-electron chi connectivity index (χ1n) is 10.4. The molecule has 0 aliphatic heterocycles. The highest BCUT2D eigenvalue weighted by Gasteiger charge is 2.20. The Morgan fingerprint density at radius 1 is 1.06 bits per heavy atom. The number of hydrogen-bond donors (Lipinski definition) is 1. The van der Waals surface area contributed by atoms with E-state index in [2.05, 4.69) is 15.4 Å². The number of rotatable bonds is 7. The number of anilines is 1. The molecule has 1 N–H and O–H groups in total. The van der Waals surface area contributed by atoms with Gasteiger partial charge in [0.05, 0.1) is 25.0 Å². The summed E-state index contributed by atoms with van der Waals surface area (Å²) in [6.07, 6.45) is 1.51. The van der Waals surface area contributed by atoms with Crippen molar-refractivity contribution < 1.29 is 19.1 Å². The van der Waals surface area contributed by atoms with Crippen LogP contribution in [-0.2, 0) is 4.74 Å². The van der Waals surface area contributed by atoms with E-state index in [9.17, 15) is 9.59 Å². The molecule has 0 aliphatic rings. The molecule has 0 saturated heterocycles. The number of aromatic nitrogens is 3. The van der Waals surface area contributed by atoms with Gasteiger partial charge in [0.1, 0.15) is 16.6 Å². The predicted molar refractivity (Wildman–Crippen MR) is 129 cm³/mol. The quantitative estimate of drug-likeness (QED) is 0.297. The Hall–Kier alpha value is -4.17. The number of amides is 1. The zero-order valence-electron chi connectivity index (χ0n) is 18.5. The van der Waals surface area contributed by atoms with Crippen LogP contribution in [0.4, 0.5) is 5.69 Å². The number of halogens is 1. The zero-order valence-corrected chi connectivity index (χ0v) is 19.2. The van der Waals surface area contributed by atoms with Gasteiger partial charge in [-0.3, -0.25) is 4.79 Å². The summed E-state index contributed by atoms with van der Waals surface area (Å²) in [6, 6.07) is 19.4. The number of nitrogens with one attached hydrogen (secondary N) is 1. The summed E-state index contributed by atoms with van der Waals surface area (Å²) in [5.41, 5.74) is 2.92. The van der Waals surface area contributed by atoms with Crippen LogP contribution in [0.25, 0.3) is 16.9 Å². The Kier molecular flexibility index (Phi) is 6.89. The van der Waals surface area contributed by atoms with Crippen molar-refractivity contribution in [1.29, 1.82) is 0 Å². The van der Waals surface area contributed by atoms with Crippen LogP contribution >= 0.6 is 11.6 Å². The minimum Gasteiger partial charge on any atom is -0.494 e. The highest BCUT2D eigenvalue weighted by molar-refractivity contribution is 6.33. The van der Waals surface area contributed by atoms with Crippen LogP contribution in [0, 0.1) is 0 Å². The monoisotopic (exact) mass is 476 g/mol. The normalized spacial score (nSPS) is 10.6. The van der Waals surface area contributed by atoms with Gasteiger partial charge in [0, 0.05) is 17.4 Å². The second kappa shape index (κ2) is 10.2. The minimum absolute atomic E-state index is 0.115. The third-order valence-corrected chi connectivity index (χ3v) is 5.23. The van der Waals surface area contributed by atoms with Crippen molar-refractivity contribution in [2.75, 3.05) is 19.0 Å². The maximum Gasteiger partial charge on any atom is 0.358 e. The van der Waals surface area contributed by atoms with E-state index in [1.165, 1.54) is 6.20 Å². The molecule has 0 atom stereocenters. The number of carbonyl (C=O) groups is 2. The van der Waals surface area contributed by atoms with Gasteiger partial charge >= 0.3 is 5.97 Å². The summed E-state index contributed by atoms with van der Waals surface area (Å²) in [6.45, 7) is 1.96. The van der Waals surface area contributed by atoms with E-state index in [1.807, 2.05) is 24.3 Å². The van der Waals surface area contributed by atoms with E-state index >= 15 is 0 Å². The Morgan fingerprint density at radius 3 is 2.65 bits per heavy atom. The lowest BCUT2D eigenvalue weighted by atomic mass is 10.1.